The van der Waals surface area contributed by atoms with Gasteiger partial charge in [0.25, 0.3) is 5.91 Å². The summed E-state index contributed by atoms with van der Waals surface area (Å²) in [5.74, 6) is 0.743. The van der Waals surface area contributed by atoms with Gasteiger partial charge in [-0.2, -0.15) is 5.48 Å². The second-order valence-electron chi connectivity index (χ2n) is 7.63. The number of hydrogen-bond acceptors (Lipinski definition) is 3. The highest BCUT2D eigenvalue weighted by Crippen LogP contribution is 2.61. The van der Waals surface area contributed by atoms with Crippen LogP contribution in [0.5, 0.6) is 0 Å². The average molecular weight is 330 g/mol. The average Bonchev–Trinajstić information content (AvgIpc) is 2.59. The second kappa shape index (κ2) is 6.11. The minimum absolute atomic E-state index is 0.534. The quantitative estimate of drug-likeness (QED) is 0.827. The summed E-state index contributed by atoms with van der Waals surface area (Å²) in [4.78, 5) is 29.1. The molecule has 5 heteroatoms. The van der Waals surface area contributed by atoms with Crippen LogP contribution in [0.1, 0.15) is 47.6 Å². The standard InChI is InChI=1S/C19H24N2O3/c22-17(21-24-18(23)20-16-4-2-1-3-5-16)12-19-9-13-6-14(10-19)8-15(7-13)11-19/h1-5,13-15H,6-12H2,(H,20,23)(H,21,22)/i12D2. The molecule has 0 saturated heterocycles. The van der Waals surface area contributed by atoms with Gasteiger partial charge in [0.2, 0.25) is 0 Å². The fourth-order valence-corrected chi connectivity index (χ4v) is 5.29. The maximum absolute atomic E-state index is 12.5. The van der Waals surface area contributed by atoms with Crippen LogP contribution >= 0.6 is 0 Å². The van der Waals surface area contributed by atoms with Gasteiger partial charge in [0, 0.05) is 14.8 Å². The lowest BCUT2D eigenvalue weighted by atomic mass is 9.49. The summed E-state index contributed by atoms with van der Waals surface area (Å²) in [6, 6.07) is 8.73. The molecule has 0 aromatic heterocycles. The molecule has 2 amide bonds. The van der Waals surface area contributed by atoms with E-state index < -0.39 is 23.8 Å². The van der Waals surface area contributed by atoms with Gasteiger partial charge in [-0.3, -0.25) is 10.1 Å². The first-order valence-corrected chi connectivity index (χ1v) is 8.71. The minimum Gasteiger partial charge on any atom is -0.321 e. The lowest BCUT2D eigenvalue weighted by molar-refractivity contribution is -0.137. The van der Waals surface area contributed by atoms with Crippen LogP contribution in [-0.4, -0.2) is 12.0 Å². The second-order valence-corrected chi connectivity index (χ2v) is 7.63. The van der Waals surface area contributed by atoms with Gasteiger partial charge in [0.1, 0.15) is 0 Å². The van der Waals surface area contributed by atoms with E-state index in [2.05, 4.69) is 5.32 Å². The van der Waals surface area contributed by atoms with Crippen molar-refractivity contribution in [3.8, 4) is 0 Å². The van der Waals surface area contributed by atoms with Crippen molar-refractivity contribution in [2.45, 2.75) is 44.9 Å². The van der Waals surface area contributed by atoms with E-state index in [1.807, 2.05) is 11.5 Å². The van der Waals surface area contributed by atoms with Crippen LogP contribution in [0.4, 0.5) is 10.5 Å². The third-order valence-electron chi connectivity index (χ3n) is 5.67. The predicted molar refractivity (Wildman–Crippen MR) is 89.9 cm³/mol. The summed E-state index contributed by atoms with van der Waals surface area (Å²) in [5.41, 5.74) is 1.96. The van der Waals surface area contributed by atoms with E-state index in [0.29, 0.717) is 23.4 Å². The zero-order valence-electron chi connectivity index (χ0n) is 15.6. The number of rotatable bonds is 3. The maximum Gasteiger partial charge on any atom is 0.436 e. The van der Waals surface area contributed by atoms with Crippen molar-refractivity contribution in [3.63, 3.8) is 0 Å². The van der Waals surface area contributed by atoms with E-state index in [-0.39, 0.29) is 0 Å². The van der Waals surface area contributed by atoms with Gasteiger partial charge in [-0.15, -0.1) is 0 Å². The van der Waals surface area contributed by atoms with Crippen molar-refractivity contribution in [1.82, 2.24) is 5.48 Å². The third kappa shape index (κ3) is 3.25. The SMILES string of the molecule is [2H]C([2H])(C(=O)NOC(=O)Nc1ccccc1)C12CC3CC(CC(C3)C1)C2. The molecule has 4 aliphatic rings. The molecule has 0 radical (unpaired) electrons. The van der Waals surface area contributed by atoms with E-state index in [1.165, 1.54) is 19.3 Å². The molecule has 128 valence electrons. The number of nitrogens with one attached hydrogen (secondary N) is 2. The van der Waals surface area contributed by atoms with Crippen LogP contribution in [0.15, 0.2) is 30.3 Å². The highest BCUT2D eigenvalue weighted by atomic mass is 16.7. The van der Waals surface area contributed by atoms with Crippen LogP contribution in [0.3, 0.4) is 0 Å². The summed E-state index contributed by atoms with van der Waals surface area (Å²) in [5, 5.41) is 2.49. The monoisotopic (exact) mass is 330 g/mol. The van der Waals surface area contributed by atoms with Gasteiger partial charge < -0.3 is 4.84 Å². The molecule has 1 aromatic carbocycles. The Balaban J connectivity index is 1.38. The minimum atomic E-state index is -2.05. The predicted octanol–water partition coefficient (Wildman–Crippen LogP) is 3.87. The van der Waals surface area contributed by atoms with Crippen molar-refractivity contribution >= 4 is 17.7 Å². The van der Waals surface area contributed by atoms with Crippen LogP contribution in [0.25, 0.3) is 0 Å². The Morgan fingerprint density at radius 1 is 1.08 bits per heavy atom. The van der Waals surface area contributed by atoms with Gasteiger partial charge in [-0.25, -0.2) is 4.79 Å². The fourth-order valence-electron chi connectivity index (χ4n) is 5.29. The highest BCUT2D eigenvalue weighted by molar-refractivity contribution is 5.86. The van der Waals surface area contributed by atoms with Crippen molar-refractivity contribution < 1.29 is 17.2 Å². The molecule has 1 aromatic rings. The molecule has 0 heterocycles. The lowest BCUT2D eigenvalue weighted by Gasteiger charge is -2.56. The molecule has 2 N–H and O–H groups in total. The van der Waals surface area contributed by atoms with Gasteiger partial charge in [-0.05, 0) is 73.8 Å². The number of hydroxylamine groups is 1. The zero-order valence-corrected chi connectivity index (χ0v) is 13.6. The molecule has 0 atom stereocenters. The number of anilines is 1. The Morgan fingerprint density at radius 2 is 1.67 bits per heavy atom. The third-order valence-corrected chi connectivity index (χ3v) is 5.67. The Hall–Kier alpha value is -2.04. The molecule has 4 saturated carbocycles. The lowest BCUT2D eigenvalue weighted by Crippen LogP contribution is -2.48. The van der Waals surface area contributed by atoms with Crippen LogP contribution in [0, 0.1) is 23.2 Å². The molecular weight excluding hydrogens is 304 g/mol. The van der Waals surface area contributed by atoms with E-state index in [9.17, 15) is 9.59 Å². The zero-order chi connectivity index (χ0) is 18.4. The van der Waals surface area contributed by atoms with Crippen molar-refractivity contribution in [2.24, 2.45) is 23.2 Å². The number of para-hydroxylation sites is 1. The Morgan fingerprint density at radius 3 is 2.25 bits per heavy atom. The molecule has 4 fully saturated rings. The van der Waals surface area contributed by atoms with Gasteiger partial charge in [0.05, 0.1) is 0 Å². The number of amides is 2. The number of carbonyl (C=O) groups is 2. The number of benzene rings is 1. The van der Waals surface area contributed by atoms with Gasteiger partial charge >= 0.3 is 6.09 Å². The first-order chi connectivity index (χ1) is 12.4. The summed E-state index contributed by atoms with van der Waals surface area (Å²) in [6.07, 6.45) is 2.91. The largest absolute Gasteiger partial charge is 0.436 e. The molecular formula is C19H24N2O3. The topological polar surface area (TPSA) is 67.4 Å². The first-order valence-electron chi connectivity index (χ1n) is 9.71. The van der Waals surface area contributed by atoms with Gasteiger partial charge in [0.15, 0.2) is 0 Å². The molecule has 0 unspecified atom stereocenters. The maximum atomic E-state index is 12.5. The molecule has 5 rings (SSSR count). The van der Waals surface area contributed by atoms with Crippen LogP contribution in [-0.2, 0) is 9.63 Å². The van der Waals surface area contributed by atoms with E-state index >= 15 is 0 Å². The Bertz CT molecular complexity index is 673. The smallest absolute Gasteiger partial charge is 0.321 e. The van der Waals surface area contributed by atoms with Crippen molar-refractivity contribution in [3.05, 3.63) is 30.3 Å². The molecule has 5 nitrogen and oxygen atoms in total. The molecule has 24 heavy (non-hydrogen) atoms. The van der Waals surface area contributed by atoms with E-state index in [4.69, 9.17) is 7.58 Å². The number of carbonyl (C=O) groups excluding carboxylic acids is 2. The first kappa shape index (κ1) is 13.3. The fraction of sp³-hybridized carbons (Fsp3) is 0.579. The molecule has 4 aliphatic carbocycles. The Kier molecular flexibility index (Phi) is 3.38. The summed E-state index contributed by atoms with van der Waals surface area (Å²) >= 11 is 0. The molecule has 0 spiro atoms. The highest BCUT2D eigenvalue weighted by Gasteiger charge is 2.51. The van der Waals surface area contributed by atoms with Crippen molar-refractivity contribution in [1.29, 1.82) is 0 Å². The number of hydrogen-bond donors (Lipinski definition) is 2. The van der Waals surface area contributed by atoms with Crippen LogP contribution in [0.2, 0.25) is 0 Å². The van der Waals surface area contributed by atoms with Crippen LogP contribution < -0.4 is 10.8 Å². The summed E-state index contributed by atoms with van der Waals surface area (Å²) in [7, 11) is 0. The molecule has 4 bridgehead atoms. The molecule has 0 aliphatic heterocycles. The van der Waals surface area contributed by atoms with E-state index in [1.54, 1.807) is 24.3 Å². The summed E-state index contributed by atoms with van der Waals surface area (Å²) < 4.78 is 17.0. The van der Waals surface area contributed by atoms with E-state index in [0.717, 1.165) is 19.3 Å². The van der Waals surface area contributed by atoms with Gasteiger partial charge in [-0.1, -0.05) is 18.2 Å². The Labute approximate surface area is 144 Å². The summed E-state index contributed by atoms with van der Waals surface area (Å²) in [6.45, 7) is 0. The normalized spacial score (nSPS) is 34.9. The van der Waals surface area contributed by atoms with Crippen molar-refractivity contribution in [2.75, 3.05) is 5.32 Å².